The fraction of sp³-hybridized carbons (Fsp3) is 1.00. The highest BCUT2D eigenvalue weighted by molar-refractivity contribution is 4.56. The van der Waals surface area contributed by atoms with Crippen LogP contribution in [0.1, 0.15) is 40.5 Å². The number of hydrogen-bond donors (Lipinski definition) is 0. The summed E-state index contributed by atoms with van der Waals surface area (Å²) < 4.78 is 10.9. The lowest BCUT2D eigenvalue weighted by Crippen LogP contribution is -2.25. The molecule has 0 aliphatic rings. The monoisotopic (exact) mass is 174 g/mol. The minimum Gasteiger partial charge on any atom is -0.353 e. The quantitative estimate of drug-likeness (QED) is 0.552. The van der Waals surface area contributed by atoms with E-state index in [0.717, 1.165) is 13.2 Å². The Bertz CT molecular complexity index is 87.8. The van der Waals surface area contributed by atoms with Crippen LogP contribution in [0.3, 0.4) is 0 Å². The van der Waals surface area contributed by atoms with E-state index in [4.69, 9.17) is 9.47 Å². The molecular formula is C10H22O2. The van der Waals surface area contributed by atoms with Gasteiger partial charge in [-0.2, -0.15) is 0 Å². The molecule has 74 valence electrons. The molecule has 0 aliphatic carbocycles. The summed E-state index contributed by atoms with van der Waals surface area (Å²) in [5.74, 6) is 0.509. The molecule has 0 aromatic rings. The van der Waals surface area contributed by atoms with Gasteiger partial charge in [0.1, 0.15) is 0 Å². The van der Waals surface area contributed by atoms with Crippen LogP contribution in [-0.2, 0) is 9.47 Å². The highest BCUT2D eigenvalue weighted by Gasteiger charge is 2.15. The van der Waals surface area contributed by atoms with Gasteiger partial charge >= 0.3 is 0 Å². The molecule has 0 rings (SSSR count). The molecule has 0 fully saturated rings. The average molecular weight is 174 g/mol. The first-order valence-electron chi connectivity index (χ1n) is 4.99. The summed E-state index contributed by atoms with van der Waals surface area (Å²) in [5.41, 5.74) is 0. The van der Waals surface area contributed by atoms with E-state index in [-0.39, 0.29) is 6.29 Å². The molecule has 2 heteroatoms. The normalized spacial score (nSPS) is 13.8. The van der Waals surface area contributed by atoms with Crippen LogP contribution in [0.4, 0.5) is 0 Å². The molecule has 0 radical (unpaired) electrons. The van der Waals surface area contributed by atoms with E-state index in [2.05, 4.69) is 13.8 Å². The number of ether oxygens (including phenoxy) is 2. The van der Waals surface area contributed by atoms with E-state index in [1.54, 1.807) is 0 Å². The largest absolute Gasteiger partial charge is 0.353 e. The minimum absolute atomic E-state index is 0.0000463. The Morgan fingerprint density at radius 2 is 1.50 bits per heavy atom. The zero-order valence-electron chi connectivity index (χ0n) is 8.80. The Morgan fingerprint density at radius 3 is 1.83 bits per heavy atom. The highest BCUT2D eigenvalue weighted by Crippen LogP contribution is 2.14. The van der Waals surface area contributed by atoms with E-state index < -0.39 is 0 Å². The van der Waals surface area contributed by atoms with Crippen molar-refractivity contribution >= 4 is 0 Å². The van der Waals surface area contributed by atoms with Crippen LogP contribution in [0.2, 0.25) is 0 Å². The topological polar surface area (TPSA) is 18.5 Å². The van der Waals surface area contributed by atoms with Crippen LogP contribution in [0.5, 0.6) is 0 Å². The second-order valence-electron chi connectivity index (χ2n) is 3.05. The molecule has 0 aromatic carbocycles. The van der Waals surface area contributed by atoms with Crippen LogP contribution in [-0.4, -0.2) is 19.5 Å². The standard InChI is InChI=1S/C10H22O2/c1-5-8-9(4)10(11-6-2)12-7-3/h9-10H,5-8H2,1-4H3. The van der Waals surface area contributed by atoms with E-state index in [1.165, 1.54) is 12.8 Å². The molecule has 0 aliphatic heterocycles. The first-order chi connectivity index (χ1) is 5.76. The van der Waals surface area contributed by atoms with Gasteiger partial charge in [0.2, 0.25) is 0 Å². The molecular weight excluding hydrogens is 152 g/mol. The fourth-order valence-corrected chi connectivity index (χ4v) is 1.30. The van der Waals surface area contributed by atoms with Crippen molar-refractivity contribution in [1.29, 1.82) is 0 Å². The van der Waals surface area contributed by atoms with Gasteiger partial charge in [-0.3, -0.25) is 0 Å². The lowest BCUT2D eigenvalue weighted by atomic mass is 10.1. The van der Waals surface area contributed by atoms with Crippen molar-refractivity contribution in [3.63, 3.8) is 0 Å². The summed E-state index contributed by atoms with van der Waals surface area (Å²) in [6.07, 6.45) is 2.36. The molecule has 2 nitrogen and oxygen atoms in total. The van der Waals surface area contributed by atoms with Gasteiger partial charge in [0.25, 0.3) is 0 Å². The summed E-state index contributed by atoms with van der Waals surface area (Å²) in [4.78, 5) is 0. The van der Waals surface area contributed by atoms with Gasteiger partial charge < -0.3 is 9.47 Å². The number of rotatable bonds is 7. The van der Waals surface area contributed by atoms with Crippen LogP contribution >= 0.6 is 0 Å². The van der Waals surface area contributed by atoms with Gasteiger partial charge in [-0.25, -0.2) is 0 Å². The van der Waals surface area contributed by atoms with Gasteiger partial charge in [-0.15, -0.1) is 0 Å². The van der Waals surface area contributed by atoms with Gasteiger partial charge in [0.05, 0.1) is 0 Å². The first-order valence-corrected chi connectivity index (χ1v) is 4.99. The second kappa shape index (κ2) is 7.56. The van der Waals surface area contributed by atoms with Crippen LogP contribution in [0.15, 0.2) is 0 Å². The maximum Gasteiger partial charge on any atom is 0.160 e. The van der Waals surface area contributed by atoms with E-state index >= 15 is 0 Å². The van der Waals surface area contributed by atoms with Crippen LogP contribution in [0.25, 0.3) is 0 Å². The Morgan fingerprint density at radius 1 is 1.00 bits per heavy atom. The summed E-state index contributed by atoms with van der Waals surface area (Å²) in [6.45, 7) is 9.84. The lowest BCUT2D eigenvalue weighted by molar-refractivity contribution is -0.164. The maximum absolute atomic E-state index is 5.47. The molecule has 0 saturated heterocycles. The summed E-state index contributed by atoms with van der Waals surface area (Å²) in [6, 6.07) is 0. The van der Waals surface area contributed by atoms with Crippen LogP contribution in [0, 0.1) is 5.92 Å². The zero-order chi connectivity index (χ0) is 9.40. The van der Waals surface area contributed by atoms with Gasteiger partial charge in [-0.05, 0) is 20.3 Å². The Kier molecular flexibility index (Phi) is 7.51. The van der Waals surface area contributed by atoms with E-state index in [9.17, 15) is 0 Å². The second-order valence-corrected chi connectivity index (χ2v) is 3.05. The van der Waals surface area contributed by atoms with Gasteiger partial charge in [-0.1, -0.05) is 20.3 Å². The van der Waals surface area contributed by atoms with Crippen LogP contribution < -0.4 is 0 Å². The molecule has 1 atom stereocenters. The van der Waals surface area contributed by atoms with Crippen molar-refractivity contribution in [2.75, 3.05) is 13.2 Å². The minimum atomic E-state index is -0.0000463. The molecule has 0 heterocycles. The first kappa shape index (κ1) is 11.9. The van der Waals surface area contributed by atoms with Crippen molar-refractivity contribution in [3.8, 4) is 0 Å². The highest BCUT2D eigenvalue weighted by atomic mass is 16.7. The van der Waals surface area contributed by atoms with Crippen molar-refractivity contribution in [2.45, 2.75) is 46.8 Å². The molecule has 12 heavy (non-hydrogen) atoms. The SMILES string of the molecule is CCCC(C)C(OCC)OCC. The molecule has 0 spiro atoms. The third kappa shape index (κ3) is 4.73. The van der Waals surface area contributed by atoms with E-state index in [0.29, 0.717) is 5.92 Å². The molecule has 1 unspecified atom stereocenters. The molecule has 0 saturated carbocycles. The lowest BCUT2D eigenvalue weighted by Gasteiger charge is -2.22. The van der Waals surface area contributed by atoms with Crippen molar-refractivity contribution < 1.29 is 9.47 Å². The third-order valence-corrected chi connectivity index (χ3v) is 1.87. The van der Waals surface area contributed by atoms with E-state index in [1.807, 2.05) is 13.8 Å². The predicted molar refractivity (Wildman–Crippen MR) is 51.1 cm³/mol. The number of hydrogen-bond acceptors (Lipinski definition) is 2. The van der Waals surface area contributed by atoms with Gasteiger partial charge in [0.15, 0.2) is 6.29 Å². The third-order valence-electron chi connectivity index (χ3n) is 1.87. The Labute approximate surface area is 76.3 Å². The average Bonchev–Trinajstić information content (AvgIpc) is 2.04. The van der Waals surface area contributed by atoms with Crippen molar-refractivity contribution in [2.24, 2.45) is 5.92 Å². The Balaban J connectivity index is 3.72. The molecule has 0 amide bonds. The van der Waals surface area contributed by atoms with Gasteiger partial charge in [0, 0.05) is 19.1 Å². The Hall–Kier alpha value is -0.0800. The maximum atomic E-state index is 5.47. The van der Waals surface area contributed by atoms with Crippen molar-refractivity contribution in [1.82, 2.24) is 0 Å². The summed E-state index contributed by atoms with van der Waals surface area (Å²) in [5, 5.41) is 0. The smallest absolute Gasteiger partial charge is 0.160 e. The molecule has 0 N–H and O–H groups in total. The zero-order valence-corrected chi connectivity index (χ0v) is 8.80. The molecule has 0 bridgehead atoms. The summed E-state index contributed by atoms with van der Waals surface area (Å²) >= 11 is 0. The van der Waals surface area contributed by atoms with Crippen molar-refractivity contribution in [3.05, 3.63) is 0 Å². The summed E-state index contributed by atoms with van der Waals surface area (Å²) in [7, 11) is 0. The predicted octanol–water partition coefficient (Wildman–Crippen LogP) is 2.82. The molecule has 0 aromatic heterocycles. The fourth-order valence-electron chi connectivity index (χ4n) is 1.30.